The van der Waals surface area contributed by atoms with E-state index in [9.17, 15) is 19.5 Å². The molecule has 53 heavy (non-hydrogen) atoms. The van der Waals surface area contributed by atoms with E-state index in [0.29, 0.717) is 42.1 Å². The lowest BCUT2D eigenvalue weighted by atomic mass is 9.82. The molecule has 1 N–H and O–H groups in total. The highest BCUT2D eigenvalue weighted by molar-refractivity contribution is 6.72. The number of fused-ring (bicyclic) bond motifs is 4. The number of aliphatic hydroxyl groups excluding tert-OH is 1. The van der Waals surface area contributed by atoms with Crippen LogP contribution in [0, 0.1) is 5.92 Å². The molecule has 8 rings (SSSR count). The van der Waals surface area contributed by atoms with Crippen molar-refractivity contribution in [2.45, 2.75) is 82.1 Å². The number of aryl methyl sites for hydroxylation is 1. The van der Waals surface area contributed by atoms with Crippen LogP contribution in [0.4, 0.5) is 21.2 Å². The van der Waals surface area contributed by atoms with Gasteiger partial charge in [0.25, 0.3) is 5.91 Å². The second kappa shape index (κ2) is 13.5. The molecule has 1 spiro atoms. The van der Waals surface area contributed by atoms with Gasteiger partial charge in [-0.1, -0.05) is 73.1 Å². The summed E-state index contributed by atoms with van der Waals surface area (Å²) in [7, 11) is -3.54. The van der Waals surface area contributed by atoms with Crippen LogP contribution in [0.1, 0.15) is 47.6 Å². The average molecular weight is 752 g/mol. The van der Waals surface area contributed by atoms with Gasteiger partial charge in [-0.2, -0.15) is 0 Å². The third-order valence-electron chi connectivity index (χ3n) is 11.8. The predicted octanol–water partition coefficient (Wildman–Crippen LogP) is 7.61. The van der Waals surface area contributed by atoms with E-state index in [1.807, 2.05) is 79.7 Å². The topological polar surface area (TPSA) is 90.4 Å². The summed E-state index contributed by atoms with van der Waals surface area (Å²) >= 11 is 6.58. The number of amides is 3. The third kappa shape index (κ3) is 6.00. The molecule has 4 heterocycles. The van der Waals surface area contributed by atoms with Crippen LogP contribution in [0.2, 0.25) is 23.7 Å². The van der Waals surface area contributed by atoms with E-state index in [1.54, 1.807) is 46.0 Å². The fourth-order valence-electron chi connectivity index (χ4n) is 9.35. The molecule has 0 bridgehead atoms. The van der Waals surface area contributed by atoms with E-state index < -0.39 is 37.6 Å². The SMILES string of the molecule is C[C@@H]1[C@@H]([Si](C)(C)F)[C@H](CC(=O)N2Cc3ccccc3C[C@H]2CO)O[C@@]12C(=O)N(Cc1ccc(N3C(=O)CCc4ccccc43)cc1)c1ccc(Cl)cc12. The van der Waals surface area contributed by atoms with Crippen LogP contribution in [0.15, 0.2) is 91.0 Å². The smallest absolute Gasteiger partial charge is 0.264 e. The normalized spacial score (nSPS) is 25.1. The molecular weight excluding hydrogens is 709 g/mol. The number of rotatable bonds is 7. The van der Waals surface area contributed by atoms with E-state index in [2.05, 4.69) is 0 Å². The molecule has 274 valence electrons. The minimum Gasteiger partial charge on any atom is -0.394 e. The monoisotopic (exact) mass is 751 g/mol. The number of para-hydroxylation sites is 1. The maximum Gasteiger partial charge on any atom is 0.264 e. The van der Waals surface area contributed by atoms with Gasteiger partial charge in [0.05, 0.1) is 43.1 Å². The zero-order valence-corrected chi connectivity index (χ0v) is 31.9. The van der Waals surface area contributed by atoms with Crippen LogP contribution in [0.3, 0.4) is 0 Å². The molecule has 0 aromatic heterocycles. The first-order chi connectivity index (χ1) is 25.4. The summed E-state index contributed by atoms with van der Waals surface area (Å²) in [5.74, 6) is -1.11. The summed E-state index contributed by atoms with van der Waals surface area (Å²) in [6, 6.07) is 28.3. The van der Waals surface area contributed by atoms with E-state index in [-0.39, 0.29) is 37.3 Å². The largest absolute Gasteiger partial charge is 0.394 e. The number of nitrogens with zero attached hydrogens (tertiary/aromatic N) is 3. The summed E-state index contributed by atoms with van der Waals surface area (Å²) < 4.78 is 23.4. The van der Waals surface area contributed by atoms with Crippen LogP contribution in [0.5, 0.6) is 0 Å². The van der Waals surface area contributed by atoms with Gasteiger partial charge in [0.1, 0.15) is 0 Å². The highest BCUT2D eigenvalue weighted by Crippen LogP contribution is 2.60. The van der Waals surface area contributed by atoms with Crippen LogP contribution < -0.4 is 9.80 Å². The third-order valence-corrected chi connectivity index (χ3v) is 14.5. The summed E-state index contributed by atoms with van der Waals surface area (Å²) in [6.45, 7) is 5.46. The molecule has 4 aromatic carbocycles. The molecule has 0 aliphatic carbocycles. The Morgan fingerprint density at radius 3 is 2.36 bits per heavy atom. The number of carbonyl (C=O) groups is 3. The van der Waals surface area contributed by atoms with Gasteiger partial charge in [-0.25, -0.2) is 0 Å². The van der Waals surface area contributed by atoms with Crippen molar-refractivity contribution in [2.75, 3.05) is 16.4 Å². The number of carbonyl (C=O) groups excluding carboxylic acids is 3. The van der Waals surface area contributed by atoms with Gasteiger partial charge in [0, 0.05) is 40.7 Å². The van der Waals surface area contributed by atoms with Gasteiger partial charge >= 0.3 is 0 Å². The van der Waals surface area contributed by atoms with Crippen LogP contribution in [0.25, 0.3) is 0 Å². The van der Waals surface area contributed by atoms with Gasteiger partial charge in [0.15, 0.2) is 5.60 Å². The Morgan fingerprint density at radius 1 is 0.943 bits per heavy atom. The number of hydrogen-bond acceptors (Lipinski definition) is 5. The van der Waals surface area contributed by atoms with Crippen LogP contribution >= 0.6 is 11.6 Å². The summed E-state index contributed by atoms with van der Waals surface area (Å²) in [5.41, 5.74) is 4.71. The molecule has 0 radical (unpaired) electrons. The summed E-state index contributed by atoms with van der Waals surface area (Å²) in [4.78, 5) is 47.2. The maximum atomic E-state index is 16.5. The molecular formula is C42H43ClFN3O5Si. The highest BCUT2D eigenvalue weighted by atomic mass is 35.5. The Hall–Kier alpha value is -4.35. The fourth-order valence-corrected chi connectivity index (χ4v) is 12.0. The molecule has 8 nitrogen and oxygen atoms in total. The summed E-state index contributed by atoms with van der Waals surface area (Å²) in [6.07, 6.45) is 0.694. The van der Waals surface area contributed by atoms with Gasteiger partial charge in [-0.05, 0) is 84.6 Å². The predicted molar refractivity (Wildman–Crippen MR) is 205 cm³/mol. The van der Waals surface area contributed by atoms with E-state index >= 15 is 4.11 Å². The van der Waals surface area contributed by atoms with Crippen LogP contribution in [-0.4, -0.2) is 54.9 Å². The molecule has 0 unspecified atom stereocenters. The van der Waals surface area contributed by atoms with Crippen molar-refractivity contribution in [1.29, 1.82) is 0 Å². The zero-order valence-electron chi connectivity index (χ0n) is 30.1. The summed E-state index contributed by atoms with van der Waals surface area (Å²) in [5, 5.41) is 10.7. The quantitative estimate of drug-likeness (QED) is 0.155. The first-order valence-corrected chi connectivity index (χ1v) is 21.7. The Kier molecular flexibility index (Phi) is 9.08. The number of benzene rings is 4. The minimum atomic E-state index is -3.54. The van der Waals surface area contributed by atoms with E-state index in [1.165, 1.54) is 0 Å². The first-order valence-electron chi connectivity index (χ1n) is 18.4. The number of anilines is 3. The maximum absolute atomic E-state index is 16.5. The second-order valence-corrected chi connectivity index (χ2v) is 19.6. The number of ether oxygens (including phenoxy) is 1. The Bertz CT molecular complexity index is 2110. The molecule has 4 aliphatic rings. The standard InChI is InChI=1S/C42H43ClFN3O5Si/c1-26-40(53(2,3)44)37(22-39(50)45-24-30-10-5-4-9-29(30)20-33(45)25-48)52-42(26)34-21-31(43)15-18-36(34)46(41(42)51)23-27-12-16-32(17-13-27)47-35-11-7-6-8-28(35)14-19-38(47)49/h4-13,15-18,21,26,33,37,40,48H,14,19-20,22-25H2,1-3H3/t26-,33+,37+,40-,42+/m1/s1. The van der Waals surface area contributed by atoms with E-state index in [4.69, 9.17) is 16.3 Å². The number of hydrogen-bond donors (Lipinski definition) is 1. The molecule has 4 aromatic rings. The average Bonchev–Trinajstić information content (AvgIpc) is 3.56. The van der Waals surface area contributed by atoms with Crippen molar-refractivity contribution in [2.24, 2.45) is 5.92 Å². The lowest BCUT2D eigenvalue weighted by Crippen LogP contribution is -2.48. The van der Waals surface area contributed by atoms with Gasteiger partial charge in [-0.3, -0.25) is 19.3 Å². The Balaban J connectivity index is 1.09. The lowest BCUT2D eigenvalue weighted by molar-refractivity contribution is -0.151. The zero-order chi connectivity index (χ0) is 37.2. The van der Waals surface area contributed by atoms with Crippen molar-refractivity contribution >= 4 is 54.8 Å². The molecule has 5 atom stereocenters. The van der Waals surface area contributed by atoms with Crippen molar-refractivity contribution in [3.05, 3.63) is 124 Å². The van der Waals surface area contributed by atoms with Gasteiger partial charge < -0.3 is 23.8 Å². The van der Waals surface area contributed by atoms with Gasteiger partial charge in [0.2, 0.25) is 20.2 Å². The molecule has 11 heteroatoms. The lowest BCUT2D eigenvalue weighted by Gasteiger charge is -2.37. The molecule has 1 saturated heterocycles. The van der Waals surface area contributed by atoms with Gasteiger partial charge in [-0.15, -0.1) is 0 Å². The second-order valence-electron chi connectivity index (χ2n) is 15.4. The molecule has 4 aliphatic heterocycles. The fraction of sp³-hybridized carbons (Fsp3) is 0.357. The molecule has 3 amide bonds. The molecule has 0 saturated carbocycles. The van der Waals surface area contributed by atoms with Crippen molar-refractivity contribution in [3.8, 4) is 0 Å². The minimum absolute atomic E-state index is 0.0326. The first kappa shape index (κ1) is 35.7. The van der Waals surface area contributed by atoms with Crippen LogP contribution in [-0.2, 0) is 50.7 Å². The van der Waals surface area contributed by atoms with E-state index in [0.717, 1.165) is 33.6 Å². The van der Waals surface area contributed by atoms with Crippen molar-refractivity contribution in [1.82, 2.24) is 4.90 Å². The Morgan fingerprint density at radius 2 is 1.64 bits per heavy atom. The van der Waals surface area contributed by atoms with Crippen molar-refractivity contribution < 1.29 is 28.3 Å². The van der Waals surface area contributed by atoms with Crippen molar-refractivity contribution in [3.63, 3.8) is 0 Å². The number of halogens is 2. The molecule has 1 fully saturated rings. The number of aliphatic hydroxyl groups is 1. The Labute approximate surface area is 315 Å². The highest BCUT2D eigenvalue weighted by Gasteiger charge is 2.67.